The average molecular weight is 280 g/mol. The molecule has 21 heavy (non-hydrogen) atoms. The van der Waals surface area contributed by atoms with Crippen molar-refractivity contribution in [2.45, 2.75) is 33.4 Å². The Morgan fingerprint density at radius 1 is 1.19 bits per heavy atom. The lowest BCUT2D eigenvalue weighted by molar-refractivity contribution is 0.532. The second kappa shape index (κ2) is 5.56. The van der Waals surface area contributed by atoms with Crippen LogP contribution in [0.4, 0.5) is 5.69 Å². The molecule has 1 N–H and O–H groups in total. The summed E-state index contributed by atoms with van der Waals surface area (Å²) < 4.78 is 1.95. The minimum absolute atomic E-state index is 0.385. The van der Waals surface area contributed by atoms with Gasteiger partial charge >= 0.3 is 0 Å². The maximum atomic E-state index is 4.52. The quantitative estimate of drug-likeness (QED) is 0.787. The highest BCUT2D eigenvalue weighted by Gasteiger charge is 2.02. The second-order valence-corrected chi connectivity index (χ2v) is 5.64. The van der Waals surface area contributed by atoms with Gasteiger partial charge in [0.15, 0.2) is 0 Å². The van der Waals surface area contributed by atoms with Crippen LogP contribution < -0.4 is 5.32 Å². The van der Waals surface area contributed by atoms with E-state index in [1.165, 1.54) is 10.9 Å². The van der Waals surface area contributed by atoms with Gasteiger partial charge in [-0.25, -0.2) is 0 Å². The van der Waals surface area contributed by atoms with Gasteiger partial charge in [0, 0.05) is 29.9 Å². The first kappa shape index (κ1) is 13.6. The number of aromatic nitrogens is 3. The van der Waals surface area contributed by atoms with E-state index >= 15 is 0 Å². The highest BCUT2D eigenvalue weighted by Crippen LogP contribution is 2.16. The molecule has 4 nitrogen and oxygen atoms in total. The third-order valence-corrected chi connectivity index (χ3v) is 3.52. The Morgan fingerprint density at radius 2 is 2.05 bits per heavy atom. The minimum atomic E-state index is 0.385. The Kier molecular flexibility index (Phi) is 3.60. The van der Waals surface area contributed by atoms with Gasteiger partial charge < -0.3 is 5.32 Å². The van der Waals surface area contributed by atoms with Gasteiger partial charge in [-0.15, -0.1) is 0 Å². The number of nitrogens with one attached hydrogen (secondary N) is 1. The molecule has 108 valence electrons. The van der Waals surface area contributed by atoms with Gasteiger partial charge in [0.1, 0.15) is 0 Å². The molecule has 0 aliphatic rings. The van der Waals surface area contributed by atoms with E-state index in [9.17, 15) is 0 Å². The van der Waals surface area contributed by atoms with Gasteiger partial charge in [-0.1, -0.05) is 12.1 Å². The molecule has 0 aliphatic carbocycles. The fraction of sp³-hybridized carbons (Fsp3) is 0.294. The topological polar surface area (TPSA) is 42.7 Å². The standard InChI is InChI=1S/C17H20N4/c1-12(2)21-11-16(10-19-21)18-9-14-5-7-17-15(8-14)6-4-13(3)20-17/h4-8,10-12,18H,9H2,1-3H3. The molecule has 2 aromatic heterocycles. The average Bonchev–Trinajstić information content (AvgIpc) is 2.94. The number of aryl methyl sites for hydroxylation is 1. The van der Waals surface area contributed by atoms with Gasteiger partial charge in [0.05, 0.1) is 17.4 Å². The first-order valence-electron chi connectivity index (χ1n) is 7.26. The monoisotopic (exact) mass is 280 g/mol. The lowest BCUT2D eigenvalue weighted by atomic mass is 10.1. The molecule has 0 bridgehead atoms. The Hall–Kier alpha value is -2.36. The van der Waals surface area contributed by atoms with Crippen LogP contribution in [0.15, 0.2) is 42.7 Å². The summed E-state index contributed by atoms with van der Waals surface area (Å²) in [6, 6.07) is 10.9. The van der Waals surface area contributed by atoms with Crippen LogP contribution in [0.5, 0.6) is 0 Å². The van der Waals surface area contributed by atoms with E-state index in [2.05, 4.69) is 53.5 Å². The van der Waals surface area contributed by atoms with Crippen LogP contribution in [0.2, 0.25) is 0 Å². The van der Waals surface area contributed by atoms with E-state index in [0.717, 1.165) is 23.4 Å². The molecule has 0 saturated heterocycles. The Labute approximate surface area is 124 Å². The predicted molar refractivity (Wildman–Crippen MR) is 86.4 cm³/mol. The molecule has 0 spiro atoms. The molecule has 0 fully saturated rings. The summed E-state index contributed by atoms with van der Waals surface area (Å²) in [5.74, 6) is 0. The van der Waals surface area contributed by atoms with Gasteiger partial charge in [-0.05, 0) is 44.5 Å². The van der Waals surface area contributed by atoms with E-state index in [0.29, 0.717) is 6.04 Å². The molecule has 0 saturated carbocycles. The molecule has 0 aliphatic heterocycles. The van der Waals surface area contributed by atoms with E-state index in [1.54, 1.807) is 0 Å². The fourth-order valence-electron chi connectivity index (χ4n) is 2.30. The molecule has 0 radical (unpaired) electrons. The van der Waals surface area contributed by atoms with E-state index < -0.39 is 0 Å². The smallest absolute Gasteiger partial charge is 0.0729 e. The highest BCUT2D eigenvalue weighted by atomic mass is 15.3. The molecule has 4 heteroatoms. The molecule has 2 heterocycles. The summed E-state index contributed by atoms with van der Waals surface area (Å²) in [6.07, 6.45) is 3.91. The summed E-state index contributed by atoms with van der Waals surface area (Å²) >= 11 is 0. The fourth-order valence-corrected chi connectivity index (χ4v) is 2.30. The molecule has 0 amide bonds. The summed E-state index contributed by atoms with van der Waals surface area (Å²) in [4.78, 5) is 4.52. The van der Waals surface area contributed by atoms with Crippen LogP contribution in [-0.4, -0.2) is 14.8 Å². The number of nitrogens with zero attached hydrogens (tertiary/aromatic N) is 3. The zero-order valence-electron chi connectivity index (χ0n) is 12.7. The van der Waals surface area contributed by atoms with Crippen molar-refractivity contribution in [1.29, 1.82) is 0 Å². The molecule has 3 aromatic rings. The molecular weight excluding hydrogens is 260 g/mol. The van der Waals surface area contributed by atoms with E-state index in [1.807, 2.05) is 30.1 Å². The maximum Gasteiger partial charge on any atom is 0.0729 e. The number of hydrogen-bond donors (Lipinski definition) is 1. The summed E-state index contributed by atoms with van der Waals surface area (Å²) in [5.41, 5.74) is 4.39. The summed E-state index contributed by atoms with van der Waals surface area (Å²) in [6.45, 7) is 7.04. The maximum absolute atomic E-state index is 4.52. The molecule has 1 aromatic carbocycles. The van der Waals surface area contributed by atoms with Gasteiger partial charge in [0.25, 0.3) is 0 Å². The van der Waals surface area contributed by atoms with E-state index in [-0.39, 0.29) is 0 Å². The number of rotatable bonds is 4. The number of fused-ring (bicyclic) bond motifs is 1. The lowest BCUT2D eigenvalue weighted by Crippen LogP contribution is -2.01. The van der Waals surface area contributed by atoms with E-state index in [4.69, 9.17) is 0 Å². The highest BCUT2D eigenvalue weighted by molar-refractivity contribution is 5.79. The van der Waals surface area contributed by atoms with Crippen LogP contribution >= 0.6 is 0 Å². The molecule has 3 rings (SSSR count). The van der Waals surface area contributed by atoms with Crippen LogP contribution in [0, 0.1) is 6.92 Å². The Bertz CT molecular complexity index is 758. The normalized spacial score (nSPS) is 11.2. The minimum Gasteiger partial charge on any atom is -0.378 e. The van der Waals surface area contributed by atoms with Crippen molar-refractivity contribution < 1.29 is 0 Å². The van der Waals surface area contributed by atoms with Crippen LogP contribution in [0.1, 0.15) is 31.1 Å². The largest absolute Gasteiger partial charge is 0.378 e. The summed E-state index contributed by atoms with van der Waals surface area (Å²) in [7, 11) is 0. The van der Waals surface area contributed by atoms with Crippen molar-refractivity contribution in [2.24, 2.45) is 0 Å². The van der Waals surface area contributed by atoms with Crippen molar-refractivity contribution in [2.75, 3.05) is 5.32 Å². The number of benzene rings is 1. The lowest BCUT2D eigenvalue weighted by Gasteiger charge is -2.06. The van der Waals surface area contributed by atoms with Crippen molar-refractivity contribution >= 4 is 16.6 Å². The molecule has 0 unspecified atom stereocenters. The molecular formula is C17H20N4. The van der Waals surface area contributed by atoms with Crippen molar-refractivity contribution in [3.63, 3.8) is 0 Å². The Balaban J connectivity index is 1.73. The number of hydrogen-bond acceptors (Lipinski definition) is 3. The first-order chi connectivity index (χ1) is 10.1. The van der Waals surface area contributed by atoms with Gasteiger partial charge in [-0.2, -0.15) is 5.10 Å². The summed E-state index contributed by atoms with van der Waals surface area (Å²) in [5, 5.41) is 8.92. The van der Waals surface area contributed by atoms with Crippen molar-refractivity contribution in [1.82, 2.24) is 14.8 Å². The van der Waals surface area contributed by atoms with Crippen LogP contribution in [-0.2, 0) is 6.54 Å². The zero-order valence-corrected chi connectivity index (χ0v) is 12.7. The zero-order chi connectivity index (χ0) is 14.8. The number of anilines is 1. The Morgan fingerprint density at radius 3 is 2.81 bits per heavy atom. The van der Waals surface area contributed by atoms with Gasteiger partial charge in [0.2, 0.25) is 0 Å². The SMILES string of the molecule is Cc1ccc2cc(CNc3cnn(C(C)C)c3)ccc2n1. The van der Waals surface area contributed by atoms with Crippen molar-refractivity contribution in [3.05, 3.63) is 54.0 Å². The second-order valence-electron chi connectivity index (χ2n) is 5.64. The predicted octanol–water partition coefficient (Wildman–Crippen LogP) is 3.93. The van der Waals surface area contributed by atoms with Gasteiger partial charge in [-0.3, -0.25) is 9.67 Å². The van der Waals surface area contributed by atoms with Crippen molar-refractivity contribution in [3.8, 4) is 0 Å². The third kappa shape index (κ3) is 3.05. The van der Waals surface area contributed by atoms with Crippen LogP contribution in [0.3, 0.4) is 0 Å². The van der Waals surface area contributed by atoms with Crippen LogP contribution in [0.25, 0.3) is 10.9 Å². The number of pyridine rings is 1. The first-order valence-corrected chi connectivity index (χ1v) is 7.26. The third-order valence-electron chi connectivity index (χ3n) is 3.52. The molecule has 0 atom stereocenters.